The number of rotatable bonds is 12. The summed E-state index contributed by atoms with van der Waals surface area (Å²) in [7, 11) is -2.43. The molecule has 0 aliphatic carbocycles. The van der Waals surface area contributed by atoms with Gasteiger partial charge in [0.15, 0.2) is 7.14 Å². The number of thiophene rings is 1. The van der Waals surface area contributed by atoms with Gasteiger partial charge in [-0.05, 0) is 17.9 Å². The lowest BCUT2D eigenvalue weighted by Crippen LogP contribution is -2.16. The van der Waals surface area contributed by atoms with E-state index in [0.29, 0.717) is 0 Å². The molecule has 0 saturated carbocycles. The molecule has 1 aromatic carbocycles. The molecule has 3 heteroatoms. The first-order valence-corrected chi connectivity index (χ1v) is 12.2. The third kappa shape index (κ3) is 5.90. The highest BCUT2D eigenvalue weighted by Gasteiger charge is 2.27. The van der Waals surface area contributed by atoms with Crippen LogP contribution in [0.3, 0.4) is 0 Å². The van der Waals surface area contributed by atoms with E-state index in [-0.39, 0.29) is 0 Å². The van der Waals surface area contributed by atoms with Crippen LogP contribution in [0.4, 0.5) is 0 Å². The van der Waals surface area contributed by atoms with Gasteiger partial charge in [0.05, 0.1) is 4.62 Å². The van der Waals surface area contributed by atoms with Crippen molar-refractivity contribution in [3.8, 4) is 0 Å². The van der Waals surface area contributed by atoms with Crippen LogP contribution in [0.5, 0.6) is 0 Å². The Labute approximate surface area is 151 Å². The first-order chi connectivity index (χ1) is 11.8. The Hall–Kier alpha value is -0.850. The average molecular weight is 363 g/mol. The van der Waals surface area contributed by atoms with Crippen LogP contribution in [0.1, 0.15) is 64.7 Å². The summed E-state index contributed by atoms with van der Waals surface area (Å²) in [5, 5.41) is 3.06. The van der Waals surface area contributed by atoms with E-state index in [0.717, 1.165) is 22.5 Å². The van der Waals surface area contributed by atoms with Crippen LogP contribution in [-0.4, -0.2) is 6.16 Å². The lowest BCUT2D eigenvalue weighted by Gasteiger charge is -2.17. The molecule has 0 N–H and O–H groups in total. The normalized spacial score (nSPS) is 13.7. The highest BCUT2D eigenvalue weighted by molar-refractivity contribution is 7.83. The van der Waals surface area contributed by atoms with E-state index in [9.17, 15) is 4.57 Å². The molecule has 0 amide bonds. The molecule has 1 atom stereocenters. The molecule has 2 rings (SSSR count). The standard InChI is InChI=1S/C21H31OPS/c1-2-3-4-5-6-7-8-9-13-18-23(22,21-17-14-19-24-21)20-15-11-10-12-16-20/h10-12,14-17,19H,2-9,13,18H2,1H3. The number of hydrogen-bond donors (Lipinski definition) is 0. The number of benzene rings is 1. The van der Waals surface area contributed by atoms with Crippen LogP contribution in [0.25, 0.3) is 0 Å². The van der Waals surface area contributed by atoms with Crippen LogP contribution in [0, 0.1) is 0 Å². The minimum atomic E-state index is -2.43. The molecule has 0 aliphatic rings. The van der Waals surface area contributed by atoms with Gasteiger partial charge in [0, 0.05) is 11.5 Å². The third-order valence-corrected chi connectivity index (χ3v) is 9.42. The molecule has 0 aliphatic heterocycles. The number of unbranched alkanes of at least 4 members (excludes halogenated alkanes) is 8. The minimum Gasteiger partial charge on any atom is -0.313 e. The van der Waals surface area contributed by atoms with Gasteiger partial charge < -0.3 is 4.57 Å². The number of hydrogen-bond acceptors (Lipinski definition) is 2. The van der Waals surface area contributed by atoms with Crippen molar-refractivity contribution in [2.45, 2.75) is 64.7 Å². The first-order valence-electron chi connectivity index (χ1n) is 9.46. The van der Waals surface area contributed by atoms with Crippen molar-refractivity contribution in [2.24, 2.45) is 0 Å². The van der Waals surface area contributed by atoms with Gasteiger partial charge in [0.25, 0.3) is 0 Å². The molecule has 2 aromatic rings. The second-order valence-corrected chi connectivity index (χ2v) is 10.8. The van der Waals surface area contributed by atoms with Crippen molar-refractivity contribution in [3.05, 3.63) is 47.8 Å². The lowest BCUT2D eigenvalue weighted by molar-refractivity contribution is 0.566. The van der Waals surface area contributed by atoms with Crippen molar-refractivity contribution in [1.29, 1.82) is 0 Å². The van der Waals surface area contributed by atoms with E-state index >= 15 is 0 Å². The van der Waals surface area contributed by atoms with Gasteiger partial charge in [0.1, 0.15) is 0 Å². The third-order valence-electron chi connectivity index (χ3n) is 4.61. The molecule has 1 nitrogen and oxygen atoms in total. The highest BCUT2D eigenvalue weighted by atomic mass is 32.1. The summed E-state index contributed by atoms with van der Waals surface area (Å²) < 4.78 is 14.8. The maximum atomic E-state index is 13.7. The molecule has 1 unspecified atom stereocenters. The molecule has 1 heterocycles. The Balaban J connectivity index is 1.80. The zero-order valence-corrected chi connectivity index (χ0v) is 16.7. The van der Waals surface area contributed by atoms with E-state index in [1.54, 1.807) is 11.3 Å². The predicted octanol–water partition coefficient (Wildman–Crippen LogP) is 6.59. The Morgan fingerprint density at radius 1 is 0.792 bits per heavy atom. The lowest BCUT2D eigenvalue weighted by atomic mass is 10.1. The van der Waals surface area contributed by atoms with Gasteiger partial charge in [-0.15, -0.1) is 11.3 Å². The fourth-order valence-electron chi connectivity index (χ4n) is 3.16. The smallest absolute Gasteiger partial charge is 0.152 e. The highest BCUT2D eigenvalue weighted by Crippen LogP contribution is 2.45. The van der Waals surface area contributed by atoms with Gasteiger partial charge in [-0.3, -0.25) is 0 Å². The minimum absolute atomic E-state index is 0.813. The van der Waals surface area contributed by atoms with Gasteiger partial charge >= 0.3 is 0 Å². The van der Waals surface area contributed by atoms with Crippen molar-refractivity contribution in [2.75, 3.05) is 6.16 Å². The first kappa shape index (κ1) is 19.5. The van der Waals surface area contributed by atoms with Crippen molar-refractivity contribution in [3.63, 3.8) is 0 Å². The van der Waals surface area contributed by atoms with Crippen molar-refractivity contribution in [1.82, 2.24) is 0 Å². The van der Waals surface area contributed by atoms with Gasteiger partial charge in [0.2, 0.25) is 0 Å². The fraction of sp³-hybridized carbons (Fsp3) is 0.524. The molecular formula is C21H31OPS. The summed E-state index contributed by atoms with van der Waals surface area (Å²) in [6.07, 6.45) is 12.5. The van der Waals surface area contributed by atoms with E-state index < -0.39 is 7.14 Å². The zero-order valence-electron chi connectivity index (χ0n) is 15.0. The molecule has 1 aromatic heterocycles. The second kappa shape index (κ2) is 10.9. The zero-order chi connectivity index (χ0) is 17.1. The van der Waals surface area contributed by atoms with E-state index in [4.69, 9.17) is 0 Å². The Kier molecular flexibility index (Phi) is 8.84. The molecule has 24 heavy (non-hydrogen) atoms. The SMILES string of the molecule is CCCCCCCCCCCP(=O)(c1ccccc1)c1cccs1. The van der Waals surface area contributed by atoms with E-state index in [1.807, 2.05) is 47.8 Å². The molecule has 0 saturated heterocycles. The van der Waals surface area contributed by atoms with Gasteiger partial charge in [-0.2, -0.15) is 0 Å². The molecular weight excluding hydrogens is 331 g/mol. The van der Waals surface area contributed by atoms with Crippen LogP contribution in [0.15, 0.2) is 47.8 Å². The van der Waals surface area contributed by atoms with Gasteiger partial charge in [-0.25, -0.2) is 0 Å². The molecule has 0 bridgehead atoms. The topological polar surface area (TPSA) is 17.1 Å². The Morgan fingerprint density at radius 2 is 1.42 bits per heavy atom. The molecule has 132 valence electrons. The summed E-state index contributed by atoms with van der Waals surface area (Å²) in [6, 6.07) is 14.2. The summed E-state index contributed by atoms with van der Waals surface area (Å²) in [4.78, 5) is 0. The monoisotopic (exact) mass is 362 g/mol. The van der Waals surface area contributed by atoms with E-state index in [1.165, 1.54) is 51.4 Å². The van der Waals surface area contributed by atoms with Crippen molar-refractivity contribution < 1.29 is 4.57 Å². The summed E-state index contributed by atoms with van der Waals surface area (Å²) >= 11 is 1.64. The predicted molar refractivity (Wildman–Crippen MR) is 110 cm³/mol. The molecule has 0 spiro atoms. The summed E-state index contributed by atoms with van der Waals surface area (Å²) in [5.74, 6) is 0. The average Bonchev–Trinajstić information content (AvgIpc) is 3.16. The summed E-state index contributed by atoms with van der Waals surface area (Å²) in [6.45, 7) is 2.26. The molecule has 0 radical (unpaired) electrons. The van der Waals surface area contributed by atoms with Crippen molar-refractivity contribution >= 4 is 28.4 Å². The molecule has 0 fully saturated rings. The Bertz CT molecular complexity index is 592. The van der Waals surface area contributed by atoms with Crippen LogP contribution >= 0.6 is 18.5 Å². The van der Waals surface area contributed by atoms with Crippen LogP contribution in [0.2, 0.25) is 0 Å². The second-order valence-electron chi connectivity index (χ2n) is 6.58. The summed E-state index contributed by atoms with van der Waals surface area (Å²) in [5.41, 5.74) is 0. The largest absolute Gasteiger partial charge is 0.313 e. The maximum absolute atomic E-state index is 13.7. The Morgan fingerprint density at radius 3 is 2.00 bits per heavy atom. The fourth-order valence-corrected chi connectivity index (χ4v) is 7.45. The van der Waals surface area contributed by atoms with E-state index in [2.05, 4.69) is 6.92 Å². The van der Waals surface area contributed by atoms with Gasteiger partial charge in [-0.1, -0.05) is 94.7 Å². The maximum Gasteiger partial charge on any atom is 0.152 e. The van der Waals surface area contributed by atoms with Crippen LogP contribution in [-0.2, 0) is 4.57 Å². The van der Waals surface area contributed by atoms with Crippen LogP contribution < -0.4 is 9.92 Å². The quantitative estimate of drug-likeness (QED) is 0.307.